The lowest BCUT2D eigenvalue weighted by molar-refractivity contribution is 0.0924. The minimum atomic E-state index is 0.402. The lowest BCUT2D eigenvalue weighted by Gasteiger charge is -2.36. The van der Waals surface area contributed by atoms with Crippen molar-refractivity contribution in [2.45, 2.75) is 18.3 Å². The summed E-state index contributed by atoms with van der Waals surface area (Å²) in [6, 6.07) is 8.48. The van der Waals surface area contributed by atoms with Crippen LogP contribution < -0.4 is 0 Å². The predicted octanol–water partition coefficient (Wildman–Crippen LogP) is 2.64. The van der Waals surface area contributed by atoms with Gasteiger partial charge in [-0.3, -0.25) is 9.80 Å². The third-order valence-corrected chi connectivity index (χ3v) is 5.16. The number of rotatable bonds is 6. The van der Waals surface area contributed by atoms with Crippen molar-refractivity contribution in [3.05, 3.63) is 34.9 Å². The second kappa shape index (κ2) is 6.66. The summed E-state index contributed by atoms with van der Waals surface area (Å²) in [6.45, 7) is 7.80. The summed E-state index contributed by atoms with van der Waals surface area (Å²) in [5.41, 5.74) is 1.87. The molecule has 1 aromatic carbocycles. The normalized spacial score (nSPS) is 22.4. The molecule has 0 N–H and O–H groups in total. The molecule has 116 valence electrons. The van der Waals surface area contributed by atoms with E-state index in [0.29, 0.717) is 5.41 Å². The van der Waals surface area contributed by atoms with Crippen LogP contribution >= 0.6 is 11.6 Å². The summed E-state index contributed by atoms with van der Waals surface area (Å²) < 4.78 is 5.16. The largest absolute Gasteiger partial charge is 0.383 e. The van der Waals surface area contributed by atoms with Crippen molar-refractivity contribution in [3.63, 3.8) is 0 Å². The fourth-order valence-electron chi connectivity index (χ4n) is 3.31. The summed E-state index contributed by atoms with van der Waals surface area (Å²) in [4.78, 5) is 5.13. The fourth-order valence-corrected chi connectivity index (χ4v) is 3.44. The zero-order valence-corrected chi connectivity index (χ0v) is 13.6. The summed E-state index contributed by atoms with van der Waals surface area (Å²) in [5.74, 6) is 0. The lowest BCUT2D eigenvalue weighted by atomic mass is 9.95. The van der Waals surface area contributed by atoms with E-state index in [9.17, 15) is 0 Å². The molecule has 0 radical (unpaired) electrons. The van der Waals surface area contributed by atoms with Gasteiger partial charge < -0.3 is 4.74 Å². The molecule has 2 aliphatic rings. The molecule has 1 saturated heterocycles. The Kier molecular flexibility index (Phi) is 4.85. The maximum Gasteiger partial charge on any atom is 0.0589 e. The molecular formula is C17H25ClN2O. The third-order valence-electron chi connectivity index (χ3n) is 4.91. The Bertz CT molecular complexity index is 450. The molecule has 1 saturated carbocycles. The van der Waals surface area contributed by atoms with Gasteiger partial charge in [0.05, 0.1) is 6.61 Å². The van der Waals surface area contributed by atoms with E-state index in [1.807, 2.05) is 12.1 Å². The van der Waals surface area contributed by atoms with E-state index >= 15 is 0 Å². The Morgan fingerprint density at radius 1 is 1.05 bits per heavy atom. The Morgan fingerprint density at radius 2 is 1.67 bits per heavy atom. The topological polar surface area (TPSA) is 15.7 Å². The molecule has 3 rings (SSSR count). The number of halogens is 1. The van der Waals surface area contributed by atoms with Gasteiger partial charge in [0.25, 0.3) is 0 Å². The predicted molar refractivity (Wildman–Crippen MR) is 87.1 cm³/mol. The molecular weight excluding hydrogens is 284 g/mol. The third kappa shape index (κ3) is 3.78. The molecule has 0 bridgehead atoms. The minimum Gasteiger partial charge on any atom is -0.383 e. The second-order valence-corrected chi connectivity index (χ2v) is 6.83. The first kappa shape index (κ1) is 15.3. The van der Waals surface area contributed by atoms with Gasteiger partial charge in [0.15, 0.2) is 0 Å². The van der Waals surface area contributed by atoms with Crippen LogP contribution in [0.25, 0.3) is 0 Å². The van der Waals surface area contributed by atoms with Crippen LogP contribution in [0.2, 0.25) is 5.02 Å². The molecule has 21 heavy (non-hydrogen) atoms. The van der Waals surface area contributed by atoms with Crippen LogP contribution in [0.4, 0.5) is 0 Å². The lowest BCUT2D eigenvalue weighted by Crippen LogP contribution is -2.49. The van der Waals surface area contributed by atoms with Crippen LogP contribution in [0.5, 0.6) is 0 Å². The number of benzene rings is 1. The van der Waals surface area contributed by atoms with Crippen LogP contribution in [0.15, 0.2) is 24.3 Å². The number of nitrogens with zero attached hydrogens (tertiary/aromatic N) is 2. The fraction of sp³-hybridized carbons (Fsp3) is 0.647. The highest BCUT2D eigenvalue weighted by Crippen LogP contribution is 2.49. The van der Waals surface area contributed by atoms with Crippen molar-refractivity contribution < 1.29 is 4.74 Å². The number of methoxy groups -OCH3 is 1. The van der Waals surface area contributed by atoms with E-state index in [4.69, 9.17) is 16.3 Å². The molecule has 0 spiro atoms. The standard InChI is InChI=1S/C17H25ClN2O/c1-21-13-12-19-8-10-20(11-9-19)14-17(6-7-17)15-2-4-16(18)5-3-15/h2-5H,6-14H2,1H3. The SMILES string of the molecule is COCCN1CCN(CC2(c3ccc(Cl)cc3)CC2)CC1. The van der Waals surface area contributed by atoms with Crippen molar-refractivity contribution in [3.8, 4) is 0 Å². The average Bonchev–Trinajstić information content (AvgIpc) is 3.28. The van der Waals surface area contributed by atoms with Gasteiger partial charge in [0.1, 0.15) is 0 Å². The van der Waals surface area contributed by atoms with Gasteiger partial charge >= 0.3 is 0 Å². The molecule has 1 aliphatic carbocycles. The number of hydrogen-bond acceptors (Lipinski definition) is 3. The monoisotopic (exact) mass is 308 g/mol. The zero-order valence-electron chi connectivity index (χ0n) is 12.9. The van der Waals surface area contributed by atoms with Crippen LogP contribution in [-0.2, 0) is 10.2 Å². The number of hydrogen-bond donors (Lipinski definition) is 0. The molecule has 1 aromatic rings. The summed E-state index contributed by atoms with van der Waals surface area (Å²) in [6.07, 6.45) is 2.64. The summed E-state index contributed by atoms with van der Waals surface area (Å²) in [7, 11) is 1.78. The van der Waals surface area contributed by atoms with Crippen LogP contribution in [0.1, 0.15) is 18.4 Å². The molecule has 0 atom stereocenters. The van der Waals surface area contributed by atoms with Gasteiger partial charge in [0.2, 0.25) is 0 Å². The molecule has 0 aromatic heterocycles. The molecule has 0 amide bonds. The van der Waals surface area contributed by atoms with Crippen LogP contribution in [-0.4, -0.2) is 62.8 Å². The van der Waals surface area contributed by atoms with Crippen molar-refractivity contribution in [1.29, 1.82) is 0 Å². The van der Waals surface area contributed by atoms with Crippen LogP contribution in [0, 0.1) is 0 Å². The molecule has 2 fully saturated rings. The van der Waals surface area contributed by atoms with E-state index in [0.717, 1.165) is 18.2 Å². The number of piperazine rings is 1. The Balaban J connectivity index is 1.52. The van der Waals surface area contributed by atoms with E-state index < -0.39 is 0 Å². The molecule has 1 aliphatic heterocycles. The Hall–Kier alpha value is -0.610. The van der Waals surface area contributed by atoms with E-state index in [1.54, 1.807) is 7.11 Å². The Morgan fingerprint density at radius 3 is 2.24 bits per heavy atom. The van der Waals surface area contributed by atoms with Crippen LogP contribution in [0.3, 0.4) is 0 Å². The van der Waals surface area contributed by atoms with E-state index in [2.05, 4.69) is 21.9 Å². The van der Waals surface area contributed by atoms with Crippen molar-refractivity contribution in [2.24, 2.45) is 0 Å². The molecule has 1 heterocycles. The van der Waals surface area contributed by atoms with Gasteiger partial charge in [-0.15, -0.1) is 0 Å². The first-order valence-electron chi connectivity index (χ1n) is 7.92. The van der Waals surface area contributed by atoms with Gasteiger partial charge in [-0.1, -0.05) is 23.7 Å². The first-order valence-corrected chi connectivity index (χ1v) is 8.29. The molecule has 3 nitrogen and oxygen atoms in total. The van der Waals surface area contributed by atoms with Gasteiger partial charge in [-0.2, -0.15) is 0 Å². The van der Waals surface area contributed by atoms with E-state index in [1.165, 1.54) is 51.1 Å². The van der Waals surface area contributed by atoms with Crippen molar-refractivity contribution in [1.82, 2.24) is 9.80 Å². The highest BCUT2D eigenvalue weighted by atomic mass is 35.5. The highest BCUT2D eigenvalue weighted by Gasteiger charge is 2.45. The average molecular weight is 309 g/mol. The van der Waals surface area contributed by atoms with Crippen molar-refractivity contribution in [2.75, 3.05) is 53.0 Å². The first-order chi connectivity index (χ1) is 10.2. The van der Waals surface area contributed by atoms with Crippen molar-refractivity contribution >= 4 is 11.6 Å². The van der Waals surface area contributed by atoms with Gasteiger partial charge in [0, 0.05) is 56.8 Å². The molecule has 0 unspecified atom stereocenters. The molecule has 4 heteroatoms. The van der Waals surface area contributed by atoms with E-state index in [-0.39, 0.29) is 0 Å². The summed E-state index contributed by atoms with van der Waals surface area (Å²) >= 11 is 6.01. The minimum absolute atomic E-state index is 0.402. The zero-order chi connectivity index (χ0) is 14.7. The van der Waals surface area contributed by atoms with Gasteiger partial charge in [-0.25, -0.2) is 0 Å². The smallest absolute Gasteiger partial charge is 0.0589 e. The van der Waals surface area contributed by atoms with Gasteiger partial charge in [-0.05, 0) is 30.5 Å². The quantitative estimate of drug-likeness (QED) is 0.803. The maximum absolute atomic E-state index is 6.01. The Labute approximate surface area is 132 Å². The highest BCUT2D eigenvalue weighted by molar-refractivity contribution is 6.30. The number of ether oxygens (including phenoxy) is 1. The summed E-state index contributed by atoms with van der Waals surface area (Å²) in [5, 5.41) is 0.835. The second-order valence-electron chi connectivity index (χ2n) is 6.40. The maximum atomic E-state index is 6.01.